The molecule has 4 aliphatic rings. The van der Waals surface area contributed by atoms with E-state index in [2.05, 4.69) is 30.1 Å². The van der Waals surface area contributed by atoms with Crippen molar-refractivity contribution in [3.05, 3.63) is 24.0 Å². The highest BCUT2D eigenvalue weighted by atomic mass is 16.3. The van der Waals surface area contributed by atoms with Crippen molar-refractivity contribution in [1.82, 2.24) is 10.2 Å². The molecular weight excluding hydrogens is 336 g/mol. The van der Waals surface area contributed by atoms with Gasteiger partial charge in [-0.05, 0) is 98.5 Å². The van der Waals surface area contributed by atoms with Crippen LogP contribution >= 0.6 is 0 Å². The van der Waals surface area contributed by atoms with Crippen LogP contribution in [0.2, 0.25) is 0 Å². The van der Waals surface area contributed by atoms with E-state index in [1.807, 2.05) is 6.20 Å². The van der Waals surface area contributed by atoms with Gasteiger partial charge in [0.1, 0.15) is 0 Å². The lowest BCUT2D eigenvalue weighted by atomic mass is 9.43. The molecule has 2 N–H and O–H groups in total. The Morgan fingerprint density at radius 1 is 0.963 bits per heavy atom. The Hall–Kier alpha value is -1.00. The van der Waals surface area contributed by atoms with Gasteiger partial charge in [0.05, 0.1) is 17.9 Å². The predicted octanol–water partition coefficient (Wildman–Crippen LogP) is 4.08. The van der Waals surface area contributed by atoms with E-state index in [1.54, 1.807) is 6.20 Å². The third-order valence-electron chi connectivity index (χ3n) is 9.83. The van der Waals surface area contributed by atoms with Crippen molar-refractivity contribution < 1.29 is 10.2 Å². The first-order chi connectivity index (χ1) is 12.9. The van der Waals surface area contributed by atoms with Crippen molar-refractivity contribution in [3.63, 3.8) is 0 Å². The molecule has 0 spiro atoms. The zero-order valence-corrected chi connectivity index (χ0v) is 16.8. The Kier molecular flexibility index (Phi) is 4.01. The van der Waals surface area contributed by atoms with Gasteiger partial charge < -0.3 is 10.2 Å². The Morgan fingerprint density at radius 2 is 1.81 bits per heavy atom. The van der Waals surface area contributed by atoms with Crippen molar-refractivity contribution in [2.75, 3.05) is 0 Å². The van der Waals surface area contributed by atoms with Crippen LogP contribution in [0.25, 0.3) is 0 Å². The smallest absolute Gasteiger partial charge is 0.0738 e. The minimum Gasteiger partial charge on any atom is -0.393 e. The van der Waals surface area contributed by atoms with Crippen LogP contribution in [0.5, 0.6) is 0 Å². The average molecular weight is 371 g/mol. The topological polar surface area (TPSA) is 66.2 Å². The maximum absolute atomic E-state index is 12.2. The summed E-state index contributed by atoms with van der Waals surface area (Å²) in [6.07, 6.45) is 13.2. The van der Waals surface area contributed by atoms with E-state index in [0.29, 0.717) is 29.1 Å². The first-order valence-electron chi connectivity index (χ1n) is 11.1. The zero-order valence-electron chi connectivity index (χ0n) is 16.8. The van der Waals surface area contributed by atoms with E-state index in [9.17, 15) is 10.2 Å². The maximum atomic E-state index is 12.2. The summed E-state index contributed by atoms with van der Waals surface area (Å²) in [6, 6.07) is 2.10. The van der Waals surface area contributed by atoms with Crippen LogP contribution in [-0.4, -0.2) is 32.1 Å². The van der Waals surface area contributed by atoms with E-state index in [4.69, 9.17) is 0 Å². The monoisotopic (exact) mass is 370 g/mol. The summed E-state index contributed by atoms with van der Waals surface area (Å²) in [4.78, 5) is 0. The van der Waals surface area contributed by atoms with E-state index < -0.39 is 5.60 Å². The highest BCUT2D eigenvalue weighted by Gasteiger charge is 2.67. The van der Waals surface area contributed by atoms with Gasteiger partial charge in [-0.25, -0.2) is 0 Å². The Balaban J connectivity index is 1.49. The van der Waals surface area contributed by atoms with E-state index in [-0.39, 0.29) is 11.5 Å². The summed E-state index contributed by atoms with van der Waals surface area (Å²) >= 11 is 0. The molecule has 5 rings (SSSR count). The second-order valence-corrected chi connectivity index (χ2v) is 10.6. The molecule has 0 bridgehead atoms. The second-order valence-electron chi connectivity index (χ2n) is 10.6. The molecule has 1 aromatic heterocycles. The maximum Gasteiger partial charge on any atom is 0.0738 e. The fourth-order valence-electron chi connectivity index (χ4n) is 8.24. The predicted molar refractivity (Wildman–Crippen MR) is 104 cm³/mol. The van der Waals surface area contributed by atoms with E-state index in [0.717, 1.165) is 44.9 Å². The molecule has 1 aromatic rings. The number of hydrogen-bond donors (Lipinski definition) is 2. The van der Waals surface area contributed by atoms with Crippen LogP contribution in [0.15, 0.2) is 18.5 Å². The minimum atomic E-state index is -0.562. The molecular formula is C23H34N2O2. The van der Waals surface area contributed by atoms with Crippen LogP contribution in [0, 0.1) is 28.6 Å². The fourth-order valence-corrected chi connectivity index (χ4v) is 8.24. The third kappa shape index (κ3) is 2.35. The first-order valence-corrected chi connectivity index (χ1v) is 11.1. The van der Waals surface area contributed by atoms with Gasteiger partial charge in [0, 0.05) is 11.6 Å². The average Bonchev–Trinajstić information content (AvgIpc) is 2.94. The molecule has 0 saturated heterocycles. The lowest BCUT2D eigenvalue weighted by Gasteiger charge is -2.63. The zero-order chi connectivity index (χ0) is 18.9. The molecule has 4 aliphatic carbocycles. The van der Waals surface area contributed by atoms with Gasteiger partial charge in [0.15, 0.2) is 0 Å². The molecule has 0 unspecified atom stereocenters. The number of nitrogens with zero attached hydrogens (tertiary/aromatic N) is 2. The fraction of sp³-hybridized carbons (Fsp3) is 0.826. The lowest BCUT2D eigenvalue weighted by molar-refractivity contribution is -0.205. The summed E-state index contributed by atoms with van der Waals surface area (Å²) in [5, 5.41) is 30.4. The lowest BCUT2D eigenvalue weighted by Crippen LogP contribution is -2.62. The number of aliphatic hydroxyl groups is 2. The van der Waals surface area contributed by atoms with E-state index in [1.165, 1.54) is 18.4 Å². The number of aromatic nitrogens is 2. The van der Waals surface area contributed by atoms with Crippen LogP contribution in [0.1, 0.15) is 83.1 Å². The van der Waals surface area contributed by atoms with Crippen molar-refractivity contribution in [2.45, 2.75) is 89.3 Å². The quantitative estimate of drug-likeness (QED) is 0.782. The summed E-state index contributed by atoms with van der Waals surface area (Å²) < 4.78 is 0. The molecule has 4 saturated carbocycles. The Labute approximate surface area is 162 Å². The van der Waals surface area contributed by atoms with Gasteiger partial charge >= 0.3 is 0 Å². The van der Waals surface area contributed by atoms with Crippen LogP contribution in [0.4, 0.5) is 0 Å². The van der Waals surface area contributed by atoms with Gasteiger partial charge in [-0.15, -0.1) is 0 Å². The van der Waals surface area contributed by atoms with Gasteiger partial charge in [-0.3, -0.25) is 0 Å². The molecule has 148 valence electrons. The summed E-state index contributed by atoms with van der Waals surface area (Å²) in [5.74, 6) is 2.04. The summed E-state index contributed by atoms with van der Waals surface area (Å²) in [5.41, 5.74) is 0.931. The van der Waals surface area contributed by atoms with Crippen LogP contribution in [-0.2, 0) is 0 Å². The van der Waals surface area contributed by atoms with Crippen LogP contribution in [0.3, 0.4) is 0 Å². The highest BCUT2D eigenvalue weighted by Crippen LogP contribution is 2.70. The van der Waals surface area contributed by atoms with Gasteiger partial charge in [-0.2, -0.15) is 10.2 Å². The van der Waals surface area contributed by atoms with Crippen LogP contribution < -0.4 is 0 Å². The third-order valence-corrected chi connectivity index (χ3v) is 9.83. The largest absolute Gasteiger partial charge is 0.393 e. The summed E-state index contributed by atoms with van der Waals surface area (Å²) in [6.45, 7) is 4.83. The number of rotatable bonds is 1. The molecule has 0 aliphatic heterocycles. The molecule has 1 heterocycles. The first kappa shape index (κ1) is 18.1. The van der Waals surface area contributed by atoms with E-state index >= 15 is 0 Å². The normalized spacial score (nSPS) is 51.9. The summed E-state index contributed by atoms with van der Waals surface area (Å²) in [7, 11) is 0. The second kappa shape index (κ2) is 6.00. The Bertz CT molecular complexity index is 712. The number of fused-ring (bicyclic) bond motifs is 5. The molecule has 0 amide bonds. The molecule has 27 heavy (non-hydrogen) atoms. The van der Waals surface area contributed by atoms with Crippen molar-refractivity contribution in [1.29, 1.82) is 0 Å². The molecule has 8 atom stereocenters. The van der Waals surface area contributed by atoms with Gasteiger partial charge in [-0.1, -0.05) is 13.8 Å². The van der Waals surface area contributed by atoms with Gasteiger partial charge in [0.2, 0.25) is 0 Å². The Morgan fingerprint density at radius 3 is 2.59 bits per heavy atom. The van der Waals surface area contributed by atoms with Crippen molar-refractivity contribution >= 4 is 0 Å². The van der Waals surface area contributed by atoms with Gasteiger partial charge in [0.25, 0.3) is 0 Å². The standard InChI is InChI=1S/C23H34N2O2/c1-21-9-5-17(26)13-16(21)3-4-20-19(21)6-10-22(2)18(7-11-23(20,22)27)15-8-12-24-25-14-15/h8,12,14,16-20,26-27H,3-7,9-11,13H2,1-2H3/t16-,17+,18-,19+,20-,21+,22-,23+/m1/s1. The number of hydrogen-bond acceptors (Lipinski definition) is 4. The molecule has 0 radical (unpaired) electrons. The molecule has 4 heteroatoms. The van der Waals surface area contributed by atoms with Crippen molar-refractivity contribution in [2.24, 2.45) is 28.6 Å². The molecule has 0 aromatic carbocycles. The number of aliphatic hydroxyl groups excluding tert-OH is 1. The SMILES string of the molecule is C[C@]12CC[C@H](O)C[C@H]1CC[C@@H]1[C@@H]2CC[C@]2(C)[C@@H](c3ccnnc3)CC[C@]12O. The highest BCUT2D eigenvalue weighted by molar-refractivity contribution is 5.26. The molecule has 4 fully saturated rings. The minimum absolute atomic E-state index is 0.0609. The van der Waals surface area contributed by atoms with Crippen molar-refractivity contribution in [3.8, 4) is 0 Å². The molecule has 4 nitrogen and oxygen atoms in total.